The summed E-state index contributed by atoms with van der Waals surface area (Å²) in [6.07, 6.45) is 7.13. The highest BCUT2D eigenvalue weighted by Gasteiger charge is 2.44. The number of fused-ring (bicyclic) bond motifs is 1. The van der Waals surface area contributed by atoms with E-state index in [0.717, 1.165) is 30.7 Å². The van der Waals surface area contributed by atoms with Crippen LogP contribution in [0.15, 0.2) is 22.0 Å². The molecule has 1 saturated carbocycles. The standard InChI is InChI=1S/C18H23N3O3S/c22-18(23)14-11-12-5-1-2-6-13(12)21(14)9-3-8-16-19-17(20-24-16)15-7-4-10-25-15/h4,7,10,12-14H,1-3,5-6,8-9,11H2,(H,22,23). The molecular formula is C18H23N3O3S. The van der Waals surface area contributed by atoms with Crippen LogP contribution in [-0.4, -0.2) is 44.7 Å². The van der Waals surface area contributed by atoms with Gasteiger partial charge in [-0.25, -0.2) is 0 Å². The Hall–Kier alpha value is -1.73. The third kappa shape index (κ3) is 3.48. The molecular weight excluding hydrogens is 338 g/mol. The van der Waals surface area contributed by atoms with E-state index in [9.17, 15) is 9.90 Å². The molecule has 6 nitrogen and oxygen atoms in total. The molecule has 1 aliphatic carbocycles. The Morgan fingerprint density at radius 1 is 1.40 bits per heavy atom. The van der Waals surface area contributed by atoms with E-state index in [4.69, 9.17) is 4.52 Å². The zero-order valence-electron chi connectivity index (χ0n) is 14.1. The Bertz CT molecular complexity index is 715. The SMILES string of the molecule is O=C(O)C1CC2CCCCC2N1CCCc1nc(-c2cccs2)no1. The lowest BCUT2D eigenvalue weighted by molar-refractivity contribution is -0.142. The van der Waals surface area contributed by atoms with Crippen LogP contribution in [0.2, 0.25) is 0 Å². The average Bonchev–Trinajstić information content (AvgIpc) is 3.34. The van der Waals surface area contributed by atoms with Gasteiger partial charge < -0.3 is 9.63 Å². The van der Waals surface area contributed by atoms with Gasteiger partial charge in [0.25, 0.3) is 0 Å². The molecule has 1 saturated heterocycles. The summed E-state index contributed by atoms with van der Waals surface area (Å²) in [5.74, 6) is 1.16. The number of aromatic nitrogens is 2. The Labute approximate surface area is 150 Å². The molecule has 0 aromatic carbocycles. The number of carboxylic acid groups (broad SMARTS) is 1. The summed E-state index contributed by atoms with van der Waals surface area (Å²) < 4.78 is 5.34. The van der Waals surface area contributed by atoms with E-state index in [2.05, 4.69) is 15.0 Å². The molecule has 2 aromatic rings. The van der Waals surface area contributed by atoms with Crippen LogP contribution in [0.1, 0.15) is 44.4 Å². The molecule has 2 aliphatic rings. The van der Waals surface area contributed by atoms with Crippen molar-refractivity contribution in [2.75, 3.05) is 6.54 Å². The highest BCUT2D eigenvalue weighted by molar-refractivity contribution is 7.13. The average molecular weight is 361 g/mol. The number of aryl methyl sites for hydroxylation is 1. The van der Waals surface area contributed by atoms with Crippen LogP contribution in [0.4, 0.5) is 0 Å². The van der Waals surface area contributed by atoms with E-state index in [1.807, 2.05) is 17.5 Å². The molecule has 4 rings (SSSR count). The first-order valence-corrected chi connectivity index (χ1v) is 9.95. The molecule has 2 fully saturated rings. The normalized spacial score (nSPS) is 26.6. The van der Waals surface area contributed by atoms with Crippen molar-refractivity contribution in [3.05, 3.63) is 23.4 Å². The monoisotopic (exact) mass is 361 g/mol. The van der Waals surface area contributed by atoms with Crippen LogP contribution >= 0.6 is 11.3 Å². The maximum Gasteiger partial charge on any atom is 0.320 e. The fourth-order valence-corrected chi connectivity index (χ4v) is 5.04. The van der Waals surface area contributed by atoms with Crippen LogP contribution in [0.5, 0.6) is 0 Å². The molecule has 134 valence electrons. The van der Waals surface area contributed by atoms with Gasteiger partial charge in [0.15, 0.2) is 0 Å². The van der Waals surface area contributed by atoms with E-state index in [-0.39, 0.29) is 6.04 Å². The predicted molar refractivity (Wildman–Crippen MR) is 94.4 cm³/mol. The number of nitrogens with zero attached hydrogens (tertiary/aromatic N) is 3. The van der Waals surface area contributed by atoms with Gasteiger partial charge in [0.05, 0.1) is 4.88 Å². The quantitative estimate of drug-likeness (QED) is 0.849. The maximum atomic E-state index is 11.6. The van der Waals surface area contributed by atoms with E-state index >= 15 is 0 Å². The summed E-state index contributed by atoms with van der Waals surface area (Å²) in [6, 6.07) is 4.07. The van der Waals surface area contributed by atoms with Gasteiger partial charge in [-0.05, 0) is 49.6 Å². The van der Waals surface area contributed by atoms with Crippen molar-refractivity contribution in [3.63, 3.8) is 0 Å². The van der Waals surface area contributed by atoms with Crippen LogP contribution in [-0.2, 0) is 11.2 Å². The molecule has 1 N–H and O–H groups in total. The highest BCUT2D eigenvalue weighted by Crippen LogP contribution is 2.39. The van der Waals surface area contributed by atoms with E-state index in [0.29, 0.717) is 30.1 Å². The van der Waals surface area contributed by atoms with Crippen LogP contribution in [0, 0.1) is 5.92 Å². The van der Waals surface area contributed by atoms with Crippen molar-refractivity contribution in [1.29, 1.82) is 0 Å². The number of likely N-dealkylation sites (tertiary alicyclic amines) is 1. The first-order valence-electron chi connectivity index (χ1n) is 9.07. The second-order valence-corrected chi connectivity index (χ2v) is 7.98. The molecule has 25 heavy (non-hydrogen) atoms. The number of hydrogen-bond acceptors (Lipinski definition) is 6. The van der Waals surface area contributed by atoms with Gasteiger partial charge in [0.2, 0.25) is 11.7 Å². The fourth-order valence-electron chi connectivity index (χ4n) is 4.39. The number of aliphatic carboxylic acids is 1. The smallest absolute Gasteiger partial charge is 0.320 e. The second kappa shape index (κ2) is 7.25. The molecule has 3 heterocycles. The lowest BCUT2D eigenvalue weighted by Crippen LogP contribution is -2.42. The van der Waals surface area contributed by atoms with Gasteiger partial charge in [-0.15, -0.1) is 11.3 Å². The molecule has 1 aliphatic heterocycles. The van der Waals surface area contributed by atoms with Gasteiger partial charge in [0.1, 0.15) is 6.04 Å². The van der Waals surface area contributed by atoms with Gasteiger partial charge in [0, 0.05) is 12.5 Å². The summed E-state index contributed by atoms with van der Waals surface area (Å²) in [5.41, 5.74) is 0. The second-order valence-electron chi connectivity index (χ2n) is 7.03. The number of rotatable bonds is 6. The molecule has 2 aromatic heterocycles. The van der Waals surface area contributed by atoms with E-state index in [1.54, 1.807) is 11.3 Å². The minimum Gasteiger partial charge on any atom is -0.480 e. The summed E-state index contributed by atoms with van der Waals surface area (Å²) in [4.78, 5) is 19.3. The third-order valence-corrected chi connectivity index (χ3v) is 6.39. The lowest BCUT2D eigenvalue weighted by atomic mass is 9.85. The lowest BCUT2D eigenvalue weighted by Gasteiger charge is -2.32. The third-order valence-electron chi connectivity index (χ3n) is 5.52. The van der Waals surface area contributed by atoms with Crippen LogP contribution < -0.4 is 0 Å². The largest absolute Gasteiger partial charge is 0.480 e. The van der Waals surface area contributed by atoms with Gasteiger partial charge in [-0.3, -0.25) is 9.69 Å². The number of hydrogen-bond donors (Lipinski definition) is 1. The molecule has 0 spiro atoms. The Kier molecular flexibility index (Phi) is 4.85. The molecule has 3 unspecified atom stereocenters. The van der Waals surface area contributed by atoms with Gasteiger partial charge in [-0.2, -0.15) is 4.98 Å². The number of thiophene rings is 1. The zero-order valence-corrected chi connectivity index (χ0v) is 15.0. The topological polar surface area (TPSA) is 79.5 Å². The van der Waals surface area contributed by atoms with Crippen molar-refractivity contribution in [3.8, 4) is 10.7 Å². The molecule has 0 bridgehead atoms. The van der Waals surface area contributed by atoms with E-state index < -0.39 is 5.97 Å². The van der Waals surface area contributed by atoms with Crippen molar-refractivity contribution >= 4 is 17.3 Å². The Morgan fingerprint density at radius 3 is 3.08 bits per heavy atom. The van der Waals surface area contributed by atoms with Gasteiger partial charge in [-0.1, -0.05) is 24.1 Å². The fraction of sp³-hybridized carbons (Fsp3) is 0.611. The van der Waals surface area contributed by atoms with E-state index in [1.165, 1.54) is 19.3 Å². The summed E-state index contributed by atoms with van der Waals surface area (Å²) in [5, 5.41) is 15.6. The molecule has 3 atom stereocenters. The summed E-state index contributed by atoms with van der Waals surface area (Å²) >= 11 is 1.59. The number of carbonyl (C=O) groups is 1. The van der Waals surface area contributed by atoms with Gasteiger partial charge >= 0.3 is 5.97 Å². The first-order chi connectivity index (χ1) is 12.2. The van der Waals surface area contributed by atoms with Crippen molar-refractivity contribution in [1.82, 2.24) is 15.0 Å². The van der Waals surface area contributed by atoms with Crippen molar-refractivity contribution in [2.24, 2.45) is 5.92 Å². The summed E-state index contributed by atoms with van der Waals surface area (Å²) in [6.45, 7) is 0.787. The van der Waals surface area contributed by atoms with Crippen molar-refractivity contribution < 1.29 is 14.4 Å². The molecule has 0 radical (unpaired) electrons. The van der Waals surface area contributed by atoms with Crippen LogP contribution in [0.3, 0.4) is 0 Å². The minimum absolute atomic E-state index is 0.322. The summed E-state index contributed by atoms with van der Waals surface area (Å²) in [7, 11) is 0. The minimum atomic E-state index is -0.674. The Balaban J connectivity index is 1.36. The van der Waals surface area contributed by atoms with Crippen LogP contribution in [0.25, 0.3) is 10.7 Å². The molecule has 0 amide bonds. The maximum absolute atomic E-state index is 11.6. The number of carboxylic acids is 1. The zero-order chi connectivity index (χ0) is 17.2. The first kappa shape index (κ1) is 16.7. The molecule has 7 heteroatoms. The Morgan fingerprint density at radius 2 is 2.28 bits per heavy atom. The predicted octanol–water partition coefficient (Wildman–Crippen LogP) is 3.45. The highest BCUT2D eigenvalue weighted by atomic mass is 32.1. The van der Waals surface area contributed by atoms with Crippen molar-refractivity contribution in [2.45, 2.75) is 57.0 Å².